The molecule has 0 amide bonds. The Bertz CT molecular complexity index is 1640. The summed E-state index contributed by atoms with van der Waals surface area (Å²) in [7, 11) is 0. The highest BCUT2D eigenvalue weighted by Gasteiger charge is 2.22. The molecule has 52 heavy (non-hydrogen) atoms. The van der Waals surface area contributed by atoms with Gasteiger partial charge in [-0.05, 0) is 87.4 Å². The van der Waals surface area contributed by atoms with Crippen molar-refractivity contribution in [1.82, 2.24) is 19.9 Å². The van der Waals surface area contributed by atoms with E-state index in [4.69, 9.17) is 19.4 Å². The molecule has 2 atom stereocenters. The second-order valence-corrected chi connectivity index (χ2v) is 14.7. The Morgan fingerprint density at radius 2 is 0.885 bits per heavy atom. The van der Waals surface area contributed by atoms with Gasteiger partial charge in [-0.1, -0.05) is 117 Å². The highest BCUT2D eigenvalue weighted by atomic mass is 16.5. The summed E-state index contributed by atoms with van der Waals surface area (Å²) in [6.45, 7) is 10.1. The van der Waals surface area contributed by atoms with Crippen molar-refractivity contribution >= 4 is 46.4 Å². The fourth-order valence-electron chi connectivity index (χ4n) is 7.75. The number of unbranched alkanes of at least 4 members (excludes halogenated alkanes) is 14. The third-order valence-corrected chi connectivity index (χ3v) is 10.5. The molecular formula is C46H66N4O2. The first-order valence-corrected chi connectivity index (χ1v) is 21.0. The summed E-state index contributed by atoms with van der Waals surface area (Å²) in [5, 5.41) is 0. The highest BCUT2D eigenvalue weighted by molar-refractivity contribution is 5.81. The molecule has 2 unspecified atom stereocenters. The molecular weight excluding hydrogens is 641 g/mol. The van der Waals surface area contributed by atoms with Gasteiger partial charge in [0.25, 0.3) is 0 Å². The number of aromatic amines is 2. The minimum atomic E-state index is -0.0580. The molecule has 0 aliphatic carbocycles. The third-order valence-electron chi connectivity index (χ3n) is 10.5. The van der Waals surface area contributed by atoms with Crippen molar-refractivity contribution in [2.45, 2.75) is 155 Å². The van der Waals surface area contributed by atoms with E-state index >= 15 is 0 Å². The molecule has 282 valence electrons. The van der Waals surface area contributed by atoms with Crippen molar-refractivity contribution in [3.05, 3.63) is 70.3 Å². The lowest BCUT2D eigenvalue weighted by atomic mass is 9.99. The quantitative estimate of drug-likeness (QED) is 0.0626. The molecule has 6 heteroatoms. The van der Waals surface area contributed by atoms with Gasteiger partial charge in [0.2, 0.25) is 0 Å². The average molecular weight is 707 g/mol. The van der Waals surface area contributed by atoms with E-state index in [1.54, 1.807) is 0 Å². The van der Waals surface area contributed by atoms with E-state index in [2.05, 4.69) is 98.4 Å². The Kier molecular flexibility index (Phi) is 16.7. The fraction of sp³-hybridized carbons (Fsp3) is 0.565. The standard InChI is InChI=1S/C46H66N4O2/c1-5-9-11-13-15-17-19-21-23-43(51-7-3)45-39-29-25-35(47-39)33-37-27-31-41(49-37)46(42-32-28-38(50-42)34-36-26-30-40(45)48-36)44(52-8-4)24-22-20-18-16-14-12-10-6-2/h25-34,43-44,47-48H,5-24H2,1-4H3. The molecule has 3 aromatic heterocycles. The summed E-state index contributed by atoms with van der Waals surface area (Å²) in [5.74, 6) is 0. The van der Waals surface area contributed by atoms with Crippen LogP contribution < -0.4 is 0 Å². The second-order valence-electron chi connectivity index (χ2n) is 14.7. The number of ether oxygens (including phenoxy) is 2. The molecule has 0 saturated carbocycles. The summed E-state index contributed by atoms with van der Waals surface area (Å²) < 4.78 is 13.0. The van der Waals surface area contributed by atoms with E-state index in [0.717, 1.165) is 76.1 Å². The highest BCUT2D eigenvalue weighted by Crippen LogP contribution is 2.34. The third kappa shape index (κ3) is 11.8. The van der Waals surface area contributed by atoms with E-state index in [1.165, 1.54) is 95.5 Å². The van der Waals surface area contributed by atoms with Crippen LogP contribution in [0.25, 0.3) is 46.4 Å². The number of H-pyrrole nitrogens is 2. The molecule has 2 aliphatic heterocycles. The van der Waals surface area contributed by atoms with Gasteiger partial charge in [-0.25, -0.2) is 9.97 Å². The van der Waals surface area contributed by atoms with Gasteiger partial charge >= 0.3 is 0 Å². The minimum absolute atomic E-state index is 0.0111. The van der Waals surface area contributed by atoms with Gasteiger partial charge in [0.1, 0.15) is 0 Å². The zero-order valence-electron chi connectivity index (χ0n) is 32.8. The lowest BCUT2D eigenvalue weighted by Gasteiger charge is -2.19. The Morgan fingerprint density at radius 3 is 1.31 bits per heavy atom. The van der Waals surface area contributed by atoms with Crippen molar-refractivity contribution in [3.63, 3.8) is 0 Å². The Morgan fingerprint density at radius 1 is 0.481 bits per heavy atom. The molecule has 3 aromatic rings. The number of nitrogens with zero attached hydrogens (tertiary/aromatic N) is 2. The first-order chi connectivity index (χ1) is 25.6. The summed E-state index contributed by atoms with van der Waals surface area (Å²) in [5.41, 5.74) is 10.2. The molecule has 6 nitrogen and oxygen atoms in total. The summed E-state index contributed by atoms with van der Waals surface area (Å²) in [6, 6.07) is 13.0. The second kappa shape index (κ2) is 21.9. The Labute approximate surface area is 314 Å². The molecule has 0 fully saturated rings. The molecule has 5 heterocycles. The van der Waals surface area contributed by atoms with Crippen LogP contribution in [-0.4, -0.2) is 33.1 Å². The first-order valence-electron chi connectivity index (χ1n) is 21.0. The number of hydrogen-bond donors (Lipinski definition) is 2. The van der Waals surface area contributed by atoms with Crippen LogP contribution in [0.1, 0.15) is 189 Å². The van der Waals surface area contributed by atoms with Crippen LogP contribution in [0.3, 0.4) is 0 Å². The Hall–Kier alpha value is -3.48. The molecule has 0 aromatic carbocycles. The van der Waals surface area contributed by atoms with Gasteiger partial charge < -0.3 is 19.4 Å². The monoisotopic (exact) mass is 707 g/mol. The molecule has 8 bridgehead atoms. The molecule has 2 aliphatic rings. The van der Waals surface area contributed by atoms with Crippen molar-refractivity contribution in [2.75, 3.05) is 13.2 Å². The van der Waals surface area contributed by atoms with Gasteiger partial charge in [-0.3, -0.25) is 0 Å². The van der Waals surface area contributed by atoms with Gasteiger partial charge in [0.05, 0.1) is 35.0 Å². The first kappa shape index (κ1) is 39.7. The van der Waals surface area contributed by atoms with Crippen LogP contribution in [0.15, 0.2) is 36.4 Å². The maximum atomic E-state index is 6.50. The molecule has 0 spiro atoms. The van der Waals surface area contributed by atoms with Crippen LogP contribution in [0.4, 0.5) is 0 Å². The number of fused-ring (bicyclic) bond motifs is 8. The Balaban J connectivity index is 1.47. The SMILES string of the molecule is CCCCCCCCCCC(OCC)c1c2nc(cc3ccc([nH]3)c(C(CCCCCCCCCC)OCC)c3ccc(cc4nc1C=C4)[nH]3)C=C2. The maximum Gasteiger partial charge on any atom is 0.0866 e. The maximum absolute atomic E-state index is 6.50. The predicted octanol–water partition coefficient (Wildman–Crippen LogP) is 13.9. The van der Waals surface area contributed by atoms with Gasteiger partial charge in [0, 0.05) is 46.4 Å². The zero-order valence-corrected chi connectivity index (χ0v) is 32.8. The molecule has 0 radical (unpaired) electrons. The summed E-state index contributed by atoms with van der Waals surface area (Å²) >= 11 is 0. The molecule has 0 saturated heterocycles. The summed E-state index contributed by atoms with van der Waals surface area (Å²) in [6.07, 6.45) is 31.2. The van der Waals surface area contributed by atoms with E-state index < -0.39 is 0 Å². The summed E-state index contributed by atoms with van der Waals surface area (Å²) in [4.78, 5) is 17.8. The fourth-order valence-corrected chi connectivity index (χ4v) is 7.75. The van der Waals surface area contributed by atoms with Crippen LogP contribution >= 0.6 is 0 Å². The minimum Gasteiger partial charge on any atom is -0.374 e. The topological polar surface area (TPSA) is 75.8 Å². The van der Waals surface area contributed by atoms with Crippen LogP contribution in [0, 0.1) is 0 Å². The lowest BCUT2D eigenvalue weighted by Crippen LogP contribution is -2.08. The number of aromatic nitrogens is 4. The van der Waals surface area contributed by atoms with E-state index in [9.17, 15) is 0 Å². The van der Waals surface area contributed by atoms with Crippen LogP contribution in [0.5, 0.6) is 0 Å². The zero-order chi connectivity index (χ0) is 36.4. The van der Waals surface area contributed by atoms with Crippen molar-refractivity contribution in [1.29, 1.82) is 0 Å². The predicted molar refractivity (Wildman–Crippen MR) is 222 cm³/mol. The molecule has 5 rings (SSSR count). The van der Waals surface area contributed by atoms with Gasteiger partial charge in [-0.15, -0.1) is 0 Å². The smallest absolute Gasteiger partial charge is 0.0866 e. The molecule has 2 N–H and O–H groups in total. The van der Waals surface area contributed by atoms with E-state index in [-0.39, 0.29) is 12.2 Å². The van der Waals surface area contributed by atoms with E-state index in [1.807, 2.05) is 0 Å². The average Bonchev–Trinajstić information content (AvgIpc) is 3.98. The normalized spacial score (nSPS) is 13.6. The van der Waals surface area contributed by atoms with Gasteiger partial charge in [-0.2, -0.15) is 0 Å². The van der Waals surface area contributed by atoms with Crippen molar-refractivity contribution in [2.24, 2.45) is 0 Å². The van der Waals surface area contributed by atoms with Crippen LogP contribution in [0.2, 0.25) is 0 Å². The van der Waals surface area contributed by atoms with Crippen molar-refractivity contribution < 1.29 is 9.47 Å². The number of hydrogen-bond acceptors (Lipinski definition) is 4. The van der Waals surface area contributed by atoms with E-state index in [0.29, 0.717) is 13.2 Å². The van der Waals surface area contributed by atoms with Gasteiger partial charge in [0.15, 0.2) is 0 Å². The number of rotatable bonds is 24. The lowest BCUT2D eigenvalue weighted by molar-refractivity contribution is 0.0536. The van der Waals surface area contributed by atoms with Crippen LogP contribution in [-0.2, 0) is 9.47 Å². The number of nitrogens with one attached hydrogen (secondary N) is 2. The largest absolute Gasteiger partial charge is 0.374 e. The van der Waals surface area contributed by atoms with Crippen molar-refractivity contribution in [3.8, 4) is 0 Å².